The summed E-state index contributed by atoms with van der Waals surface area (Å²) in [6.45, 7) is 0. The summed E-state index contributed by atoms with van der Waals surface area (Å²) >= 11 is 3.37. The summed E-state index contributed by atoms with van der Waals surface area (Å²) in [6, 6.07) is 5.53. The average molecular weight is 340 g/mol. The van der Waals surface area contributed by atoms with Crippen LogP contribution in [0.4, 0.5) is 5.69 Å². The highest BCUT2D eigenvalue weighted by Crippen LogP contribution is 2.35. The third-order valence-corrected chi connectivity index (χ3v) is 5.04. The fourth-order valence-corrected chi connectivity index (χ4v) is 3.53. The molecular weight excluding hydrogens is 318 g/mol. The van der Waals surface area contributed by atoms with Gasteiger partial charge in [0.2, 0.25) is 0 Å². The van der Waals surface area contributed by atoms with E-state index in [1.54, 1.807) is 0 Å². The van der Waals surface area contributed by atoms with Crippen LogP contribution >= 0.6 is 15.9 Å². The van der Waals surface area contributed by atoms with E-state index in [4.69, 9.17) is 5.73 Å². The zero-order valence-corrected chi connectivity index (χ0v) is 13.2. The fourth-order valence-electron chi connectivity index (χ4n) is 3.15. The van der Waals surface area contributed by atoms with Crippen LogP contribution < -0.4 is 5.73 Å². The third kappa shape index (κ3) is 3.75. The van der Waals surface area contributed by atoms with Crippen molar-refractivity contribution in [1.82, 2.24) is 0 Å². The number of benzene rings is 1. The normalized spacial score (nSPS) is 17.9. The third-order valence-electron chi connectivity index (χ3n) is 4.35. The van der Waals surface area contributed by atoms with Gasteiger partial charge >= 0.3 is 5.97 Å². The van der Waals surface area contributed by atoms with Gasteiger partial charge in [-0.2, -0.15) is 0 Å². The molecule has 4 heteroatoms. The Bertz CT molecular complexity index is 470. The smallest absolute Gasteiger partial charge is 0.311 e. The SMILES string of the molecule is Nc1c(Br)cccc1C(CCC1CCCCC1)C(=O)O. The highest BCUT2D eigenvalue weighted by Gasteiger charge is 2.24. The lowest BCUT2D eigenvalue weighted by Gasteiger charge is -2.23. The molecule has 110 valence electrons. The molecule has 0 bridgehead atoms. The van der Waals surface area contributed by atoms with Crippen molar-refractivity contribution in [3.63, 3.8) is 0 Å². The van der Waals surface area contributed by atoms with E-state index in [2.05, 4.69) is 15.9 Å². The minimum atomic E-state index is -0.773. The molecule has 1 aliphatic carbocycles. The van der Waals surface area contributed by atoms with Crippen LogP contribution in [0.1, 0.15) is 56.4 Å². The molecule has 3 nitrogen and oxygen atoms in total. The van der Waals surface area contributed by atoms with Gasteiger partial charge in [-0.15, -0.1) is 0 Å². The maximum Gasteiger partial charge on any atom is 0.311 e. The van der Waals surface area contributed by atoms with Gasteiger partial charge < -0.3 is 10.8 Å². The summed E-state index contributed by atoms with van der Waals surface area (Å²) in [5, 5.41) is 9.50. The number of carboxylic acids is 1. The van der Waals surface area contributed by atoms with Gasteiger partial charge in [-0.1, -0.05) is 44.2 Å². The van der Waals surface area contributed by atoms with Crippen LogP contribution in [-0.4, -0.2) is 11.1 Å². The molecule has 1 fully saturated rings. The zero-order chi connectivity index (χ0) is 14.5. The van der Waals surface area contributed by atoms with Gasteiger partial charge in [0.15, 0.2) is 0 Å². The lowest BCUT2D eigenvalue weighted by Crippen LogP contribution is -2.16. The van der Waals surface area contributed by atoms with Crippen molar-refractivity contribution in [3.05, 3.63) is 28.2 Å². The summed E-state index contributed by atoms with van der Waals surface area (Å²) in [5.74, 6) is -0.570. The molecule has 1 saturated carbocycles. The predicted molar refractivity (Wildman–Crippen MR) is 84.7 cm³/mol. The second kappa shape index (κ2) is 7.11. The number of carbonyl (C=O) groups is 1. The molecule has 0 heterocycles. The van der Waals surface area contributed by atoms with Gasteiger partial charge in [0.1, 0.15) is 0 Å². The standard InChI is InChI=1S/C16H22BrNO2/c17-14-8-4-7-12(15(14)18)13(16(19)20)10-9-11-5-2-1-3-6-11/h4,7-8,11,13H,1-3,5-6,9-10,18H2,(H,19,20). The summed E-state index contributed by atoms with van der Waals surface area (Å²) in [4.78, 5) is 11.6. The van der Waals surface area contributed by atoms with Gasteiger partial charge in [-0.3, -0.25) is 4.79 Å². The number of nitrogens with two attached hydrogens (primary N) is 1. The van der Waals surface area contributed by atoms with E-state index >= 15 is 0 Å². The molecule has 3 N–H and O–H groups in total. The van der Waals surface area contributed by atoms with Crippen molar-refractivity contribution in [3.8, 4) is 0 Å². The van der Waals surface area contributed by atoms with Gasteiger partial charge in [0.05, 0.1) is 5.92 Å². The molecule has 0 saturated heterocycles. The van der Waals surface area contributed by atoms with Crippen LogP contribution in [0.3, 0.4) is 0 Å². The Labute approximate surface area is 128 Å². The molecule has 1 atom stereocenters. The lowest BCUT2D eigenvalue weighted by atomic mass is 9.82. The Balaban J connectivity index is 2.06. The maximum atomic E-state index is 11.6. The van der Waals surface area contributed by atoms with Crippen molar-refractivity contribution in [2.45, 2.75) is 50.9 Å². The maximum absolute atomic E-state index is 11.6. The molecular formula is C16H22BrNO2. The molecule has 2 rings (SSSR count). The first-order chi connectivity index (χ1) is 9.59. The molecule has 1 aromatic carbocycles. The molecule has 0 aliphatic heterocycles. The van der Waals surface area contributed by atoms with Crippen LogP contribution in [0.15, 0.2) is 22.7 Å². The first kappa shape index (κ1) is 15.4. The van der Waals surface area contributed by atoms with Crippen molar-refractivity contribution in [2.75, 3.05) is 5.73 Å². The van der Waals surface area contributed by atoms with E-state index in [1.165, 1.54) is 32.1 Å². The number of halogens is 1. The van der Waals surface area contributed by atoms with Gasteiger partial charge in [-0.25, -0.2) is 0 Å². The first-order valence-electron chi connectivity index (χ1n) is 7.36. The monoisotopic (exact) mass is 339 g/mol. The van der Waals surface area contributed by atoms with Crippen LogP contribution in [0.2, 0.25) is 0 Å². The Morgan fingerprint density at radius 1 is 1.35 bits per heavy atom. The number of rotatable bonds is 5. The molecule has 0 radical (unpaired) electrons. The van der Waals surface area contributed by atoms with Gasteiger partial charge in [0.25, 0.3) is 0 Å². The number of nitrogen functional groups attached to an aromatic ring is 1. The van der Waals surface area contributed by atoms with E-state index in [-0.39, 0.29) is 0 Å². The number of aliphatic carboxylic acids is 1. The molecule has 1 unspecified atom stereocenters. The average Bonchev–Trinajstić information content (AvgIpc) is 2.44. The predicted octanol–water partition coefficient (Wildman–Crippen LogP) is 4.56. The summed E-state index contributed by atoms with van der Waals surface area (Å²) in [7, 11) is 0. The van der Waals surface area contributed by atoms with Crippen molar-refractivity contribution >= 4 is 27.6 Å². The Morgan fingerprint density at radius 3 is 2.70 bits per heavy atom. The molecule has 1 aliphatic rings. The number of anilines is 1. The largest absolute Gasteiger partial charge is 0.481 e. The summed E-state index contributed by atoms with van der Waals surface area (Å²) in [5.41, 5.74) is 7.32. The number of hydrogen-bond acceptors (Lipinski definition) is 2. The molecule has 0 spiro atoms. The number of hydrogen-bond donors (Lipinski definition) is 2. The Hall–Kier alpha value is -1.03. The van der Waals surface area contributed by atoms with Crippen molar-refractivity contribution < 1.29 is 9.90 Å². The number of carboxylic acid groups (broad SMARTS) is 1. The van der Waals surface area contributed by atoms with E-state index in [1.807, 2.05) is 18.2 Å². The van der Waals surface area contributed by atoms with E-state index in [0.717, 1.165) is 16.5 Å². The van der Waals surface area contributed by atoms with Gasteiger partial charge in [-0.05, 0) is 46.3 Å². The van der Waals surface area contributed by atoms with Crippen LogP contribution in [0.5, 0.6) is 0 Å². The van der Waals surface area contributed by atoms with Crippen LogP contribution in [0.25, 0.3) is 0 Å². The highest BCUT2D eigenvalue weighted by atomic mass is 79.9. The van der Waals surface area contributed by atoms with Crippen LogP contribution in [0, 0.1) is 5.92 Å². The fraction of sp³-hybridized carbons (Fsp3) is 0.562. The van der Waals surface area contributed by atoms with Gasteiger partial charge in [0, 0.05) is 10.2 Å². The Kier molecular flexibility index (Phi) is 5.46. The van der Waals surface area contributed by atoms with Crippen molar-refractivity contribution in [2.24, 2.45) is 5.92 Å². The molecule has 0 aromatic heterocycles. The summed E-state index contributed by atoms with van der Waals surface area (Å²) < 4.78 is 0.777. The minimum absolute atomic E-state index is 0.491. The van der Waals surface area contributed by atoms with Crippen molar-refractivity contribution in [1.29, 1.82) is 0 Å². The second-order valence-electron chi connectivity index (χ2n) is 5.71. The molecule has 1 aromatic rings. The number of para-hydroxylation sites is 1. The quantitative estimate of drug-likeness (QED) is 0.773. The molecule has 0 amide bonds. The topological polar surface area (TPSA) is 63.3 Å². The van der Waals surface area contributed by atoms with E-state index < -0.39 is 11.9 Å². The Morgan fingerprint density at radius 2 is 2.05 bits per heavy atom. The first-order valence-corrected chi connectivity index (χ1v) is 8.15. The summed E-state index contributed by atoms with van der Waals surface area (Å²) in [6.07, 6.45) is 8.09. The van der Waals surface area contributed by atoms with E-state index in [0.29, 0.717) is 18.0 Å². The highest BCUT2D eigenvalue weighted by molar-refractivity contribution is 9.10. The van der Waals surface area contributed by atoms with E-state index in [9.17, 15) is 9.90 Å². The zero-order valence-electron chi connectivity index (χ0n) is 11.6. The van der Waals surface area contributed by atoms with Crippen LogP contribution in [-0.2, 0) is 4.79 Å². The minimum Gasteiger partial charge on any atom is -0.481 e. The molecule has 20 heavy (non-hydrogen) atoms. The lowest BCUT2D eigenvalue weighted by molar-refractivity contribution is -0.139. The second-order valence-corrected chi connectivity index (χ2v) is 6.57.